The number of rotatable bonds is 5. The van der Waals surface area contributed by atoms with Gasteiger partial charge < -0.3 is 5.11 Å². The Morgan fingerprint density at radius 3 is 3.07 bits per heavy atom. The molecule has 0 radical (unpaired) electrons. The largest absolute Gasteiger partial charge is 0.396 e. The zero-order valence-electron chi connectivity index (χ0n) is 9.37. The predicted octanol–water partition coefficient (Wildman–Crippen LogP) is 2.56. The third-order valence-corrected chi connectivity index (χ3v) is 3.86. The van der Waals surface area contributed by atoms with E-state index in [4.69, 9.17) is 5.11 Å². The van der Waals surface area contributed by atoms with Crippen LogP contribution in [0.4, 0.5) is 0 Å². The number of thioether (sulfide) groups is 1. The number of carbonyl (C=O) groups excluding carboxylic acids is 1. The van der Waals surface area contributed by atoms with Crippen LogP contribution in [0.15, 0.2) is 11.6 Å². The molecule has 15 heavy (non-hydrogen) atoms. The average molecular weight is 228 g/mol. The molecular formula is C12H20O2S. The minimum Gasteiger partial charge on any atom is -0.396 e. The molecule has 0 spiro atoms. The van der Waals surface area contributed by atoms with Gasteiger partial charge in [-0.05, 0) is 31.4 Å². The molecule has 0 amide bonds. The van der Waals surface area contributed by atoms with Crippen molar-refractivity contribution in [2.75, 3.05) is 12.4 Å². The lowest BCUT2D eigenvalue weighted by Gasteiger charge is -2.23. The normalized spacial score (nSPS) is 24.8. The number of unbranched alkanes of at least 4 members (excludes halogenated alkanes) is 1. The summed E-state index contributed by atoms with van der Waals surface area (Å²) in [6, 6.07) is 0. The van der Waals surface area contributed by atoms with E-state index in [9.17, 15) is 4.79 Å². The molecule has 1 rings (SSSR count). The SMILES string of the molecule is CCSC1CCCC(=O)/C1=C\CCCO. The number of hydrogen-bond donors (Lipinski definition) is 1. The first-order chi connectivity index (χ1) is 7.29. The fraction of sp³-hybridized carbons (Fsp3) is 0.750. The standard InChI is InChI=1S/C12H20O2S/c1-2-15-12-8-5-7-11(14)10(12)6-3-4-9-13/h6,12-13H,2-5,7-9H2,1H3/b10-6+. The number of aliphatic hydroxyl groups is 1. The Morgan fingerprint density at radius 1 is 1.60 bits per heavy atom. The molecule has 0 aromatic rings. The number of Topliss-reactive ketones (excluding diaryl/α,β-unsaturated/α-hetero) is 1. The lowest BCUT2D eigenvalue weighted by atomic mass is 9.92. The van der Waals surface area contributed by atoms with Crippen LogP contribution < -0.4 is 0 Å². The van der Waals surface area contributed by atoms with Crippen molar-refractivity contribution >= 4 is 17.5 Å². The van der Waals surface area contributed by atoms with E-state index in [1.165, 1.54) is 0 Å². The Labute approximate surface area is 96.1 Å². The van der Waals surface area contributed by atoms with Crippen LogP contribution in [-0.2, 0) is 4.79 Å². The fourth-order valence-corrected chi connectivity index (χ4v) is 3.04. The molecule has 0 aromatic carbocycles. The van der Waals surface area contributed by atoms with Crippen molar-refractivity contribution in [3.8, 4) is 0 Å². The van der Waals surface area contributed by atoms with Crippen molar-refractivity contribution < 1.29 is 9.90 Å². The monoisotopic (exact) mass is 228 g/mol. The third-order valence-electron chi connectivity index (χ3n) is 2.63. The Morgan fingerprint density at radius 2 is 2.40 bits per heavy atom. The minimum absolute atomic E-state index is 0.212. The summed E-state index contributed by atoms with van der Waals surface area (Å²) in [5.41, 5.74) is 1.02. The van der Waals surface area contributed by atoms with Crippen molar-refractivity contribution in [2.45, 2.75) is 44.3 Å². The van der Waals surface area contributed by atoms with Crippen molar-refractivity contribution in [1.82, 2.24) is 0 Å². The smallest absolute Gasteiger partial charge is 0.159 e. The molecule has 0 aliphatic heterocycles. The van der Waals surface area contributed by atoms with Gasteiger partial charge in [-0.15, -0.1) is 0 Å². The number of aliphatic hydroxyl groups excluding tert-OH is 1. The maximum atomic E-state index is 11.7. The number of carbonyl (C=O) groups is 1. The molecule has 2 nitrogen and oxygen atoms in total. The van der Waals surface area contributed by atoms with Gasteiger partial charge in [-0.2, -0.15) is 11.8 Å². The number of hydrogen-bond acceptors (Lipinski definition) is 3. The Balaban J connectivity index is 2.59. The van der Waals surface area contributed by atoms with Gasteiger partial charge in [0.25, 0.3) is 0 Å². The van der Waals surface area contributed by atoms with Gasteiger partial charge in [0, 0.05) is 23.9 Å². The van der Waals surface area contributed by atoms with Crippen molar-refractivity contribution in [3.05, 3.63) is 11.6 Å². The van der Waals surface area contributed by atoms with Gasteiger partial charge in [0.1, 0.15) is 0 Å². The molecule has 0 saturated heterocycles. The van der Waals surface area contributed by atoms with Gasteiger partial charge >= 0.3 is 0 Å². The summed E-state index contributed by atoms with van der Waals surface area (Å²) in [6.45, 7) is 2.35. The first-order valence-corrected chi connectivity index (χ1v) is 6.80. The molecule has 0 heterocycles. The highest BCUT2D eigenvalue weighted by Gasteiger charge is 2.24. The second kappa shape index (κ2) is 7.07. The predicted molar refractivity (Wildman–Crippen MR) is 65.2 cm³/mol. The van der Waals surface area contributed by atoms with Gasteiger partial charge in [-0.1, -0.05) is 13.0 Å². The molecule has 0 aromatic heterocycles. The van der Waals surface area contributed by atoms with Gasteiger partial charge in [-0.3, -0.25) is 4.79 Å². The second-order valence-corrected chi connectivity index (χ2v) is 5.26. The van der Waals surface area contributed by atoms with Crippen LogP contribution in [0, 0.1) is 0 Å². The first-order valence-electron chi connectivity index (χ1n) is 5.75. The van der Waals surface area contributed by atoms with Crippen molar-refractivity contribution in [1.29, 1.82) is 0 Å². The summed E-state index contributed by atoms with van der Waals surface area (Å²) < 4.78 is 0. The molecule has 3 heteroatoms. The Hall–Kier alpha value is -0.280. The van der Waals surface area contributed by atoms with E-state index in [0.29, 0.717) is 17.5 Å². The minimum atomic E-state index is 0.212. The number of allylic oxidation sites excluding steroid dienone is 1. The highest BCUT2D eigenvalue weighted by Crippen LogP contribution is 2.31. The zero-order chi connectivity index (χ0) is 11.1. The van der Waals surface area contributed by atoms with Crippen LogP contribution >= 0.6 is 11.8 Å². The molecule has 1 N–H and O–H groups in total. The van der Waals surface area contributed by atoms with E-state index < -0.39 is 0 Å². The number of ketones is 1. The van der Waals surface area contributed by atoms with Crippen LogP contribution in [0.2, 0.25) is 0 Å². The van der Waals surface area contributed by atoms with Crippen LogP contribution in [0.1, 0.15) is 39.0 Å². The maximum absolute atomic E-state index is 11.7. The summed E-state index contributed by atoms with van der Waals surface area (Å²) >= 11 is 1.87. The molecule has 0 bridgehead atoms. The summed E-state index contributed by atoms with van der Waals surface area (Å²) in [5.74, 6) is 1.39. The summed E-state index contributed by atoms with van der Waals surface area (Å²) in [4.78, 5) is 11.7. The van der Waals surface area contributed by atoms with E-state index in [0.717, 1.165) is 37.0 Å². The van der Waals surface area contributed by atoms with E-state index in [1.54, 1.807) is 0 Å². The quantitative estimate of drug-likeness (QED) is 0.580. The lowest BCUT2D eigenvalue weighted by molar-refractivity contribution is -0.116. The highest BCUT2D eigenvalue weighted by molar-refractivity contribution is 8.00. The van der Waals surface area contributed by atoms with E-state index in [2.05, 4.69) is 6.92 Å². The molecule has 1 atom stereocenters. The average Bonchev–Trinajstić information content (AvgIpc) is 2.23. The van der Waals surface area contributed by atoms with E-state index in [-0.39, 0.29) is 6.61 Å². The first kappa shape index (κ1) is 12.8. The fourth-order valence-electron chi connectivity index (χ4n) is 1.90. The van der Waals surface area contributed by atoms with Crippen molar-refractivity contribution in [2.24, 2.45) is 0 Å². The second-order valence-electron chi connectivity index (χ2n) is 3.78. The van der Waals surface area contributed by atoms with Gasteiger partial charge in [0.05, 0.1) is 0 Å². The van der Waals surface area contributed by atoms with Crippen molar-refractivity contribution in [3.63, 3.8) is 0 Å². The highest BCUT2D eigenvalue weighted by atomic mass is 32.2. The van der Waals surface area contributed by atoms with E-state index in [1.807, 2.05) is 17.8 Å². The van der Waals surface area contributed by atoms with Crippen LogP contribution in [-0.4, -0.2) is 28.5 Å². The van der Waals surface area contributed by atoms with Gasteiger partial charge in [-0.25, -0.2) is 0 Å². The van der Waals surface area contributed by atoms with Crippen LogP contribution in [0.3, 0.4) is 0 Å². The Kier molecular flexibility index (Phi) is 6.03. The summed E-state index contributed by atoms with van der Waals surface area (Å²) in [7, 11) is 0. The van der Waals surface area contributed by atoms with E-state index >= 15 is 0 Å². The topological polar surface area (TPSA) is 37.3 Å². The molecule has 1 saturated carbocycles. The summed E-state index contributed by atoms with van der Waals surface area (Å²) in [5, 5.41) is 9.12. The molecule has 1 aliphatic rings. The van der Waals surface area contributed by atoms with Crippen LogP contribution in [0.5, 0.6) is 0 Å². The lowest BCUT2D eigenvalue weighted by Crippen LogP contribution is -2.21. The molecule has 1 unspecified atom stereocenters. The zero-order valence-corrected chi connectivity index (χ0v) is 10.2. The summed E-state index contributed by atoms with van der Waals surface area (Å²) in [6.07, 6.45) is 6.53. The maximum Gasteiger partial charge on any atom is 0.159 e. The van der Waals surface area contributed by atoms with Gasteiger partial charge in [0.15, 0.2) is 5.78 Å². The third kappa shape index (κ3) is 3.99. The molecule has 86 valence electrons. The van der Waals surface area contributed by atoms with Crippen LogP contribution in [0.25, 0.3) is 0 Å². The molecule has 1 aliphatic carbocycles. The molecule has 1 fully saturated rings. The molecular weight excluding hydrogens is 208 g/mol. The van der Waals surface area contributed by atoms with Gasteiger partial charge in [0.2, 0.25) is 0 Å². The Bertz CT molecular complexity index is 234.